The molecule has 112 valence electrons. The molecule has 20 heavy (non-hydrogen) atoms. The molecule has 0 aliphatic carbocycles. The minimum Gasteiger partial charge on any atom is -0.495 e. The van der Waals surface area contributed by atoms with Crippen LogP contribution < -0.4 is 14.8 Å². The van der Waals surface area contributed by atoms with Crippen LogP contribution in [-0.2, 0) is 14.8 Å². The van der Waals surface area contributed by atoms with Gasteiger partial charge in [-0.3, -0.25) is 4.79 Å². The highest BCUT2D eigenvalue weighted by atomic mass is 35.5. The van der Waals surface area contributed by atoms with Crippen LogP contribution in [0.5, 0.6) is 5.75 Å². The molecule has 0 aliphatic rings. The number of methoxy groups -OCH3 is 1. The highest BCUT2D eigenvalue weighted by Crippen LogP contribution is 2.26. The zero-order valence-corrected chi connectivity index (χ0v) is 12.8. The number of halogens is 1. The van der Waals surface area contributed by atoms with Crippen molar-refractivity contribution in [2.24, 2.45) is 0 Å². The predicted octanol–water partition coefficient (Wildman–Crippen LogP) is 1.15. The number of hydrogen-bond donors (Lipinski definition) is 2. The molecule has 0 saturated heterocycles. The Morgan fingerprint density at radius 2 is 2.05 bits per heavy atom. The molecule has 0 aliphatic heterocycles. The van der Waals surface area contributed by atoms with Gasteiger partial charge in [-0.05, 0) is 24.6 Å². The zero-order valence-electron chi connectivity index (χ0n) is 11.3. The molecule has 0 fully saturated rings. The monoisotopic (exact) mass is 320 g/mol. The Balaban J connectivity index is 2.69. The Morgan fingerprint density at radius 3 is 2.65 bits per heavy atom. The molecule has 0 heterocycles. The Labute approximate surface area is 123 Å². The number of ether oxygens (including phenoxy) is 1. The molecule has 0 spiro atoms. The smallest absolute Gasteiger partial charge is 0.244 e. The standard InChI is InChI=1S/C12H17ClN2O4S/c1-9(16)14-6-3-7-15-20(17,18)12-8-10(13)4-5-11(12)19-2/h4-5,8,15H,3,6-7H2,1-2H3,(H,14,16). The van der Waals surface area contributed by atoms with Crippen LogP contribution in [0.3, 0.4) is 0 Å². The molecule has 6 nitrogen and oxygen atoms in total. The van der Waals surface area contributed by atoms with E-state index in [9.17, 15) is 13.2 Å². The number of amides is 1. The van der Waals surface area contributed by atoms with E-state index in [0.29, 0.717) is 18.0 Å². The summed E-state index contributed by atoms with van der Waals surface area (Å²) in [6.45, 7) is 2.02. The Kier molecular flexibility index (Phi) is 6.25. The van der Waals surface area contributed by atoms with Crippen LogP contribution in [-0.4, -0.2) is 34.5 Å². The predicted molar refractivity (Wildman–Crippen MR) is 76.5 cm³/mol. The molecule has 0 atom stereocenters. The summed E-state index contributed by atoms with van der Waals surface area (Å²) in [5.41, 5.74) is 0. The van der Waals surface area contributed by atoms with Gasteiger partial charge in [0.05, 0.1) is 7.11 Å². The van der Waals surface area contributed by atoms with Gasteiger partial charge in [0.25, 0.3) is 0 Å². The number of hydrogen-bond acceptors (Lipinski definition) is 4. The molecule has 1 amide bonds. The molecule has 0 saturated carbocycles. The molecule has 1 aromatic rings. The maximum Gasteiger partial charge on any atom is 0.244 e. The van der Waals surface area contributed by atoms with Crippen LogP contribution in [0.15, 0.2) is 23.1 Å². The van der Waals surface area contributed by atoms with Crippen molar-refractivity contribution >= 4 is 27.5 Å². The third-order valence-electron chi connectivity index (χ3n) is 2.43. The van der Waals surface area contributed by atoms with Crippen LogP contribution in [0.4, 0.5) is 0 Å². The fraction of sp³-hybridized carbons (Fsp3) is 0.417. The fourth-order valence-electron chi connectivity index (χ4n) is 1.50. The van der Waals surface area contributed by atoms with Crippen molar-refractivity contribution in [3.05, 3.63) is 23.2 Å². The summed E-state index contributed by atoms with van der Waals surface area (Å²) < 4.78 is 31.7. The minimum atomic E-state index is -3.70. The molecule has 0 radical (unpaired) electrons. The Bertz CT molecular complexity index is 575. The first-order valence-electron chi connectivity index (χ1n) is 5.94. The van der Waals surface area contributed by atoms with Crippen molar-refractivity contribution in [2.75, 3.05) is 20.2 Å². The van der Waals surface area contributed by atoms with Crippen molar-refractivity contribution in [3.8, 4) is 5.75 Å². The van der Waals surface area contributed by atoms with Gasteiger partial charge in [0, 0.05) is 25.0 Å². The van der Waals surface area contributed by atoms with E-state index in [-0.39, 0.29) is 23.1 Å². The van der Waals surface area contributed by atoms with Crippen LogP contribution in [0.2, 0.25) is 5.02 Å². The summed E-state index contributed by atoms with van der Waals surface area (Å²) in [5.74, 6) is 0.0770. The lowest BCUT2D eigenvalue weighted by atomic mass is 10.3. The van der Waals surface area contributed by atoms with Gasteiger partial charge < -0.3 is 10.1 Å². The van der Waals surface area contributed by atoms with Gasteiger partial charge in [0.15, 0.2) is 0 Å². The van der Waals surface area contributed by atoms with Crippen molar-refractivity contribution in [3.63, 3.8) is 0 Å². The zero-order chi connectivity index (χ0) is 15.2. The van der Waals surface area contributed by atoms with Crippen molar-refractivity contribution in [2.45, 2.75) is 18.2 Å². The largest absolute Gasteiger partial charge is 0.495 e. The second-order valence-electron chi connectivity index (χ2n) is 4.03. The van der Waals surface area contributed by atoms with E-state index >= 15 is 0 Å². The lowest BCUT2D eigenvalue weighted by Gasteiger charge is -2.11. The number of nitrogens with one attached hydrogen (secondary N) is 2. The maximum absolute atomic E-state index is 12.1. The first-order valence-corrected chi connectivity index (χ1v) is 7.80. The summed E-state index contributed by atoms with van der Waals surface area (Å²) in [7, 11) is -2.31. The van der Waals surface area contributed by atoms with E-state index in [1.54, 1.807) is 6.07 Å². The van der Waals surface area contributed by atoms with E-state index in [1.807, 2.05) is 0 Å². The van der Waals surface area contributed by atoms with Crippen molar-refractivity contribution in [1.82, 2.24) is 10.0 Å². The van der Waals surface area contributed by atoms with E-state index < -0.39 is 10.0 Å². The third kappa shape index (κ3) is 4.99. The van der Waals surface area contributed by atoms with Gasteiger partial charge in [-0.1, -0.05) is 11.6 Å². The summed E-state index contributed by atoms with van der Waals surface area (Å²) in [6.07, 6.45) is 0.488. The maximum atomic E-state index is 12.1. The van der Waals surface area contributed by atoms with Gasteiger partial charge in [0.2, 0.25) is 15.9 Å². The molecule has 2 N–H and O–H groups in total. The first-order chi connectivity index (χ1) is 9.36. The van der Waals surface area contributed by atoms with Crippen molar-refractivity contribution < 1.29 is 17.9 Å². The first kappa shape index (κ1) is 16.7. The van der Waals surface area contributed by atoms with Crippen LogP contribution in [0, 0.1) is 0 Å². The Hall–Kier alpha value is -1.31. The highest BCUT2D eigenvalue weighted by molar-refractivity contribution is 7.89. The highest BCUT2D eigenvalue weighted by Gasteiger charge is 2.19. The third-order valence-corrected chi connectivity index (χ3v) is 4.15. The second-order valence-corrected chi connectivity index (χ2v) is 6.20. The second kappa shape index (κ2) is 7.47. The van der Waals surface area contributed by atoms with E-state index in [1.165, 1.54) is 26.2 Å². The molecule has 8 heteroatoms. The van der Waals surface area contributed by atoms with Gasteiger partial charge in [-0.2, -0.15) is 0 Å². The summed E-state index contributed by atoms with van der Waals surface area (Å²) >= 11 is 5.80. The lowest BCUT2D eigenvalue weighted by molar-refractivity contribution is -0.118. The fourth-order valence-corrected chi connectivity index (χ4v) is 3.00. The van der Waals surface area contributed by atoms with E-state index in [4.69, 9.17) is 16.3 Å². The van der Waals surface area contributed by atoms with E-state index in [2.05, 4.69) is 10.0 Å². The Morgan fingerprint density at radius 1 is 1.35 bits per heavy atom. The topological polar surface area (TPSA) is 84.5 Å². The molecule has 0 bridgehead atoms. The van der Waals surface area contributed by atoms with Gasteiger partial charge in [-0.15, -0.1) is 0 Å². The number of rotatable bonds is 7. The number of benzene rings is 1. The average Bonchev–Trinajstić information content (AvgIpc) is 2.37. The summed E-state index contributed by atoms with van der Waals surface area (Å²) in [5, 5.41) is 2.89. The van der Waals surface area contributed by atoms with Crippen LogP contribution in [0.1, 0.15) is 13.3 Å². The molecule has 1 rings (SSSR count). The summed E-state index contributed by atoms with van der Waals surface area (Å²) in [4.78, 5) is 10.7. The van der Waals surface area contributed by atoms with Crippen LogP contribution >= 0.6 is 11.6 Å². The van der Waals surface area contributed by atoms with Gasteiger partial charge in [0.1, 0.15) is 10.6 Å². The lowest BCUT2D eigenvalue weighted by Crippen LogP contribution is -2.29. The number of sulfonamides is 1. The van der Waals surface area contributed by atoms with Crippen molar-refractivity contribution in [1.29, 1.82) is 0 Å². The quantitative estimate of drug-likeness (QED) is 0.738. The molecule has 0 unspecified atom stereocenters. The molecule has 0 aromatic heterocycles. The van der Waals surface area contributed by atoms with E-state index in [0.717, 1.165) is 0 Å². The average molecular weight is 321 g/mol. The molecular weight excluding hydrogens is 304 g/mol. The van der Waals surface area contributed by atoms with Crippen LogP contribution in [0.25, 0.3) is 0 Å². The SMILES string of the molecule is COc1ccc(Cl)cc1S(=O)(=O)NCCCNC(C)=O. The molecular formula is C12H17ClN2O4S. The normalized spacial score (nSPS) is 11.2. The number of carbonyl (C=O) groups excluding carboxylic acids is 1. The summed E-state index contributed by atoms with van der Waals surface area (Å²) in [6, 6.07) is 4.38. The van der Waals surface area contributed by atoms with Gasteiger partial charge in [-0.25, -0.2) is 13.1 Å². The number of carbonyl (C=O) groups is 1. The van der Waals surface area contributed by atoms with Gasteiger partial charge >= 0.3 is 0 Å². The minimum absolute atomic E-state index is 0.00738. The molecule has 1 aromatic carbocycles.